The molecule has 0 spiro atoms. The lowest BCUT2D eigenvalue weighted by atomic mass is 9.95. The van der Waals surface area contributed by atoms with Crippen LogP contribution >= 0.6 is 22.6 Å². The normalized spacial score (nSPS) is 12.4. The van der Waals surface area contributed by atoms with Gasteiger partial charge in [0.1, 0.15) is 5.75 Å². The maximum Gasteiger partial charge on any atom is 0.306 e. The molecule has 1 aromatic rings. The van der Waals surface area contributed by atoms with E-state index in [1.165, 1.54) is 0 Å². The molecule has 3 nitrogen and oxygen atoms in total. The molecule has 1 unspecified atom stereocenters. The Morgan fingerprint density at radius 3 is 2.69 bits per heavy atom. The summed E-state index contributed by atoms with van der Waals surface area (Å²) in [4.78, 5) is 11.0. The van der Waals surface area contributed by atoms with Gasteiger partial charge in [0.2, 0.25) is 0 Å². The zero-order valence-electron chi connectivity index (χ0n) is 9.11. The molecule has 0 fully saturated rings. The van der Waals surface area contributed by atoms with Gasteiger partial charge in [-0.2, -0.15) is 0 Å². The second-order valence-corrected chi connectivity index (χ2v) is 4.98. The summed E-state index contributed by atoms with van der Waals surface area (Å²) < 4.78 is 0.760. The number of carboxylic acid groups (broad SMARTS) is 1. The number of carboxylic acids is 1. The van der Waals surface area contributed by atoms with E-state index >= 15 is 0 Å². The third-order valence-electron chi connectivity index (χ3n) is 2.48. The molecule has 0 amide bonds. The average molecular weight is 334 g/mol. The third kappa shape index (κ3) is 3.66. The lowest BCUT2D eigenvalue weighted by molar-refractivity contribution is -0.141. The number of hydrogen-bond acceptors (Lipinski definition) is 2. The molecule has 2 N–H and O–H groups in total. The molecular weight excluding hydrogens is 319 g/mol. The lowest BCUT2D eigenvalue weighted by Crippen LogP contribution is -2.16. The van der Waals surface area contributed by atoms with Gasteiger partial charge >= 0.3 is 5.97 Å². The van der Waals surface area contributed by atoms with E-state index in [9.17, 15) is 9.90 Å². The Labute approximate surface area is 109 Å². The predicted molar refractivity (Wildman–Crippen MR) is 70.6 cm³/mol. The number of aromatic hydroxyl groups is 1. The van der Waals surface area contributed by atoms with Crippen LogP contribution in [0.3, 0.4) is 0 Å². The van der Waals surface area contributed by atoms with Crippen LogP contribution in [0.25, 0.3) is 0 Å². The highest BCUT2D eigenvalue weighted by Crippen LogP contribution is 2.23. The van der Waals surface area contributed by atoms with Gasteiger partial charge in [0, 0.05) is 0 Å². The third-order valence-corrected chi connectivity index (χ3v) is 3.34. The van der Waals surface area contributed by atoms with Crippen LogP contribution in [0.4, 0.5) is 0 Å². The Bertz CT molecular complexity index is 377. The Morgan fingerprint density at radius 2 is 2.19 bits per heavy atom. The van der Waals surface area contributed by atoms with E-state index in [-0.39, 0.29) is 11.7 Å². The maximum absolute atomic E-state index is 11.0. The van der Waals surface area contributed by atoms with Crippen molar-refractivity contribution in [3.63, 3.8) is 0 Å². The summed E-state index contributed by atoms with van der Waals surface area (Å²) in [6.07, 6.45) is 2.08. The highest BCUT2D eigenvalue weighted by atomic mass is 127. The summed E-state index contributed by atoms with van der Waals surface area (Å²) in [5.74, 6) is -0.831. The smallest absolute Gasteiger partial charge is 0.306 e. The van der Waals surface area contributed by atoms with E-state index in [4.69, 9.17) is 5.11 Å². The van der Waals surface area contributed by atoms with E-state index < -0.39 is 5.97 Å². The first-order chi connectivity index (χ1) is 7.54. The number of halogens is 1. The fraction of sp³-hybridized carbons (Fsp3) is 0.417. The van der Waals surface area contributed by atoms with Crippen LogP contribution in [-0.2, 0) is 11.2 Å². The zero-order valence-corrected chi connectivity index (χ0v) is 11.3. The molecular formula is C12H15IO3. The standard InChI is InChI=1S/C12H15IO3/c1-2-3-9(12(15)16)6-8-4-5-11(14)10(13)7-8/h4-5,7,9,14H,2-3,6H2,1H3,(H,15,16). The van der Waals surface area contributed by atoms with Crippen molar-refractivity contribution in [3.8, 4) is 5.75 Å². The second kappa shape index (κ2) is 6.08. The molecule has 0 radical (unpaired) electrons. The van der Waals surface area contributed by atoms with Crippen molar-refractivity contribution in [1.29, 1.82) is 0 Å². The zero-order chi connectivity index (χ0) is 12.1. The second-order valence-electron chi connectivity index (χ2n) is 3.81. The van der Waals surface area contributed by atoms with Crippen molar-refractivity contribution >= 4 is 28.6 Å². The first kappa shape index (κ1) is 13.3. The number of phenols is 1. The van der Waals surface area contributed by atoms with Gasteiger partial charge in [-0.15, -0.1) is 0 Å². The molecule has 0 saturated carbocycles. The minimum absolute atomic E-state index is 0.242. The number of hydrogen-bond donors (Lipinski definition) is 2. The van der Waals surface area contributed by atoms with Crippen LogP contribution in [0.15, 0.2) is 18.2 Å². The van der Waals surface area contributed by atoms with Gasteiger partial charge in [0.15, 0.2) is 0 Å². The summed E-state index contributed by atoms with van der Waals surface area (Å²) >= 11 is 2.04. The molecule has 0 bridgehead atoms. The molecule has 1 aromatic carbocycles. The van der Waals surface area contributed by atoms with Gasteiger partial charge in [-0.3, -0.25) is 4.79 Å². The van der Waals surface area contributed by atoms with Crippen molar-refractivity contribution in [2.75, 3.05) is 0 Å². The molecule has 88 valence electrons. The molecule has 1 atom stereocenters. The van der Waals surface area contributed by atoms with Crippen LogP contribution in [0, 0.1) is 9.49 Å². The molecule has 0 aliphatic carbocycles. The van der Waals surface area contributed by atoms with Crippen LogP contribution in [0.1, 0.15) is 25.3 Å². The quantitative estimate of drug-likeness (QED) is 0.814. The van der Waals surface area contributed by atoms with Crippen LogP contribution < -0.4 is 0 Å². The number of carbonyl (C=O) groups is 1. The van der Waals surface area contributed by atoms with Gasteiger partial charge in [-0.1, -0.05) is 19.4 Å². The molecule has 0 heterocycles. The van der Waals surface area contributed by atoms with Crippen molar-refractivity contribution in [2.24, 2.45) is 5.92 Å². The van der Waals surface area contributed by atoms with Crippen LogP contribution in [0.5, 0.6) is 5.75 Å². The molecule has 16 heavy (non-hydrogen) atoms. The Hall–Kier alpha value is -0.780. The molecule has 0 aromatic heterocycles. The Morgan fingerprint density at radius 1 is 1.50 bits per heavy atom. The average Bonchev–Trinajstić information content (AvgIpc) is 2.22. The van der Waals surface area contributed by atoms with Crippen molar-refractivity contribution in [2.45, 2.75) is 26.2 Å². The Kier molecular flexibility index (Phi) is 5.05. The highest BCUT2D eigenvalue weighted by Gasteiger charge is 2.17. The fourth-order valence-electron chi connectivity index (χ4n) is 1.62. The van der Waals surface area contributed by atoms with Crippen molar-refractivity contribution < 1.29 is 15.0 Å². The number of benzene rings is 1. The van der Waals surface area contributed by atoms with Gasteiger partial charge < -0.3 is 10.2 Å². The summed E-state index contributed by atoms with van der Waals surface area (Å²) in [6, 6.07) is 5.23. The summed E-state index contributed by atoms with van der Waals surface area (Å²) in [7, 11) is 0. The highest BCUT2D eigenvalue weighted by molar-refractivity contribution is 14.1. The topological polar surface area (TPSA) is 57.5 Å². The number of phenolic OH excluding ortho intramolecular Hbond substituents is 1. The monoisotopic (exact) mass is 334 g/mol. The Balaban J connectivity index is 2.77. The fourth-order valence-corrected chi connectivity index (χ4v) is 2.20. The lowest BCUT2D eigenvalue weighted by Gasteiger charge is -2.11. The van der Waals surface area contributed by atoms with Gasteiger partial charge in [-0.25, -0.2) is 0 Å². The van der Waals surface area contributed by atoms with Gasteiger partial charge in [0.05, 0.1) is 9.49 Å². The molecule has 0 aliphatic heterocycles. The summed E-state index contributed by atoms with van der Waals surface area (Å²) in [6.45, 7) is 1.98. The predicted octanol–water partition coefficient (Wildman–Crippen LogP) is 3.04. The molecule has 1 rings (SSSR count). The van der Waals surface area contributed by atoms with Crippen LogP contribution in [0.2, 0.25) is 0 Å². The SMILES string of the molecule is CCCC(Cc1ccc(O)c(I)c1)C(=O)O. The summed E-state index contributed by atoms with van der Waals surface area (Å²) in [5, 5.41) is 18.4. The van der Waals surface area contributed by atoms with E-state index in [0.717, 1.165) is 15.6 Å². The maximum atomic E-state index is 11.0. The first-order valence-corrected chi connectivity index (χ1v) is 6.32. The molecule has 0 saturated heterocycles. The number of rotatable bonds is 5. The van der Waals surface area contributed by atoms with E-state index in [2.05, 4.69) is 0 Å². The molecule has 0 aliphatic rings. The first-order valence-electron chi connectivity index (χ1n) is 5.24. The molecule has 4 heteroatoms. The van der Waals surface area contributed by atoms with E-state index in [1.54, 1.807) is 12.1 Å². The largest absolute Gasteiger partial charge is 0.507 e. The van der Waals surface area contributed by atoms with Crippen molar-refractivity contribution in [1.82, 2.24) is 0 Å². The van der Waals surface area contributed by atoms with Crippen LogP contribution in [-0.4, -0.2) is 16.2 Å². The minimum Gasteiger partial charge on any atom is -0.507 e. The van der Waals surface area contributed by atoms with Gasteiger partial charge in [0.25, 0.3) is 0 Å². The number of aliphatic carboxylic acids is 1. The van der Waals surface area contributed by atoms with E-state index in [1.807, 2.05) is 35.6 Å². The van der Waals surface area contributed by atoms with E-state index in [0.29, 0.717) is 12.8 Å². The van der Waals surface area contributed by atoms with Gasteiger partial charge in [-0.05, 0) is 53.1 Å². The summed E-state index contributed by atoms with van der Waals surface area (Å²) in [5.41, 5.74) is 0.961. The van der Waals surface area contributed by atoms with Crippen molar-refractivity contribution in [3.05, 3.63) is 27.3 Å². The minimum atomic E-state index is -0.745.